The van der Waals surface area contributed by atoms with E-state index in [1.807, 2.05) is 0 Å². The molecule has 8 heteroatoms. The quantitative estimate of drug-likeness (QED) is 0.495. The van der Waals surface area contributed by atoms with Crippen molar-refractivity contribution in [3.63, 3.8) is 0 Å². The van der Waals surface area contributed by atoms with Crippen LogP contribution < -0.4 is 0 Å². The Kier molecular flexibility index (Phi) is 4.12. The number of hydrogen-bond donors (Lipinski definition) is 0. The van der Waals surface area contributed by atoms with Gasteiger partial charge >= 0.3 is 11.9 Å². The molecule has 0 radical (unpaired) electrons. The molecule has 2 aliphatic heterocycles. The molecule has 0 N–H and O–H groups in total. The van der Waals surface area contributed by atoms with Crippen molar-refractivity contribution in [2.75, 3.05) is 13.2 Å². The van der Waals surface area contributed by atoms with E-state index in [-0.39, 0.29) is 13.2 Å². The molecule has 0 aliphatic carbocycles. The zero-order chi connectivity index (χ0) is 13.1. The third-order valence-corrected chi connectivity index (χ3v) is 2.50. The van der Waals surface area contributed by atoms with Crippen molar-refractivity contribution in [3.05, 3.63) is 0 Å². The number of ether oxygens (including phenoxy) is 2. The molecule has 2 saturated heterocycles. The van der Waals surface area contributed by atoms with E-state index in [2.05, 4.69) is 0 Å². The van der Waals surface area contributed by atoms with Crippen LogP contribution >= 0.6 is 0 Å². The summed E-state index contributed by atoms with van der Waals surface area (Å²) in [5.41, 5.74) is 0. The first-order chi connectivity index (χ1) is 8.69. The van der Waals surface area contributed by atoms with Crippen molar-refractivity contribution in [1.82, 2.24) is 0 Å². The number of rotatable bonds is 4. The van der Waals surface area contributed by atoms with Crippen LogP contribution in [-0.4, -0.2) is 49.6 Å². The standard InChI is InChI=1S/C10H14O8/c1-3-13-9(11)7-5-6(16-15-5)8(18-17-7)10(12)14-4-2/h5-8H,3-4H2,1-2H3/t5-,6+,7-,8-/m0/s1. The number of hydrogen-bond acceptors (Lipinski definition) is 8. The zero-order valence-electron chi connectivity index (χ0n) is 9.99. The normalized spacial score (nSPS) is 34.1. The Balaban J connectivity index is 1.97. The summed E-state index contributed by atoms with van der Waals surface area (Å²) in [4.78, 5) is 42.2. The lowest BCUT2D eigenvalue weighted by Gasteiger charge is -2.43. The molecule has 0 saturated carbocycles. The van der Waals surface area contributed by atoms with Crippen molar-refractivity contribution in [3.8, 4) is 0 Å². The Bertz CT molecular complexity index is 298. The lowest BCUT2D eigenvalue weighted by Crippen LogP contribution is -2.65. The average Bonchev–Trinajstić information content (AvgIpc) is 2.30. The van der Waals surface area contributed by atoms with Gasteiger partial charge in [-0.2, -0.15) is 0 Å². The summed E-state index contributed by atoms with van der Waals surface area (Å²) in [5.74, 6) is -1.25. The maximum absolute atomic E-state index is 11.5. The first-order valence-electron chi connectivity index (χ1n) is 5.66. The summed E-state index contributed by atoms with van der Waals surface area (Å²) in [7, 11) is 0. The Hall–Kier alpha value is -1.22. The summed E-state index contributed by atoms with van der Waals surface area (Å²) in [6.45, 7) is 3.74. The van der Waals surface area contributed by atoms with E-state index in [0.717, 1.165) is 0 Å². The average molecular weight is 262 g/mol. The lowest BCUT2D eigenvalue weighted by atomic mass is 10.0. The Morgan fingerprint density at radius 3 is 1.50 bits per heavy atom. The second-order valence-corrected chi connectivity index (χ2v) is 3.66. The SMILES string of the molecule is CCOC(=O)[C@H]1OO[C@H](C(=O)OCC)[C@H]2OO[C@H]21. The first kappa shape index (κ1) is 13.2. The third-order valence-electron chi connectivity index (χ3n) is 2.50. The molecule has 18 heavy (non-hydrogen) atoms. The molecule has 2 fully saturated rings. The zero-order valence-corrected chi connectivity index (χ0v) is 9.99. The van der Waals surface area contributed by atoms with E-state index in [9.17, 15) is 9.59 Å². The molecule has 0 amide bonds. The number of carbonyl (C=O) groups excluding carboxylic acids is 2. The molecule has 8 nitrogen and oxygen atoms in total. The molecule has 0 bridgehead atoms. The maximum Gasteiger partial charge on any atom is 0.341 e. The van der Waals surface area contributed by atoms with Gasteiger partial charge in [-0.05, 0) is 13.8 Å². The van der Waals surface area contributed by atoms with Crippen LogP contribution in [0.15, 0.2) is 0 Å². The fourth-order valence-corrected chi connectivity index (χ4v) is 1.65. The van der Waals surface area contributed by atoms with Crippen molar-refractivity contribution >= 4 is 11.9 Å². The second kappa shape index (κ2) is 5.61. The topological polar surface area (TPSA) is 89.5 Å². The smallest absolute Gasteiger partial charge is 0.341 e. The maximum atomic E-state index is 11.5. The molecule has 102 valence electrons. The molecule has 2 aliphatic rings. The number of fused-ring (bicyclic) bond motifs is 1. The van der Waals surface area contributed by atoms with Gasteiger partial charge in [-0.1, -0.05) is 0 Å². The van der Waals surface area contributed by atoms with Crippen LogP contribution in [0.4, 0.5) is 0 Å². The highest BCUT2D eigenvalue weighted by atomic mass is 17.3. The summed E-state index contributed by atoms with van der Waals surface area (Å²) >= 11 is 0. The molecule has 4 atom stereocenters. The van der Waals surface area contributed by atoms with E-state index in [0.29, 0.717) is 0 Å². The van der Waals surface area contributed by atoms with Crippen LogP contribution in [0.25, 0.3) is 0 Å². The highest BCUT2D eigenvalue weighted by molar-refractivity contribution is 5.78. The van der Waals surface area contributed by atoms with Gasteiger partial charge in [0, 0.05) is 0 Å². The summed E-state index contributed by atoms with van der Waals surface area (Å²) in [5, 5.41) is 0. The highest BCUT2D eigenvalue weighted by Gasteiger charge is 2.58. The molecule has 2 rings (SSSR count). The minimum absolute atomic E-state index is 0.207. The van der Waals surface area contributed by atoms with Crippen LogP contribution in [0.1, 0.15) is 13.8 Å². The monoisotopic (exact) mass is 262 g/mol. The van der Waals surface area contributed by atoms with Gasteiger partial charge in [-0.3, -0.25) is 0 Å². The highest BCUT2D eigenvalue weighted by Crippen LogP contribution is 2.32. The number of carbonyl (C=O) groups is 2. The van der Waals surface area contributed by atoms with Gasteiger partial charge in [0.05, 0.1) is 13.2 Å². The van der Waals surface area contributed by atoms with Gasteiger partial charge in [-0.25, -0.2) is 29.1 Å². The summed E-state index contributed by atoms with van der Waals surface area (Å²) in [6.07, 6.45) is -3.58. The van der Waals surface area contributed by atoms with Crippen molar-refractivity contribution in [2.24, 2.45) is 0 Å². The molecule has 0 aromatic rings. The van der Waals surface area contributed by atoms with Gasteiger partial charge in [0.25, 0.3) is 0 Å². The predicted molar refractivity (Wildman–Crippen MR) is 52.8 cm³/mol. The van der Waals surface area contributed by atoms with Gasteiger partial charge in [0.2, 0.25) is 12.2 Å². The van der Waals surface area contributed by atoms with E-state index < -0.39 is 36.4 Å². The molecule has 0 aromatic heterocycles. The van der Waals surface area contributed by atoms with Crippen LogP contribution in [0.2, 0.25) is 0 Å². The molecule has 0 unspecified atom stereocenters. The predicted octanol–water partition coefficient (Wildman–Crippen LogP) is -0.489. The molecular weight excluding hydrogens is 248 g/mol. The minimum Gasteiger partial charge on any atom is -0.464 e. The minimum atomic E-state index is -1.06. The van der Waals surface area contributed by atoms with Crippen LogP contribution in [0.3, 0.4) is 0 Å². The van der Waals surface area contributed by atoms with Crippen molar-refractivity contribution in [1.29, 1.82) is 0 Å². The van der Waals surface area contributed by atoms with Crippen LogP contribution in [0.5, 0.6) is 0 Å². The van der Waals surface area contributed by atoms with E-state index in [1.54, 1.807) is 13.8 Å². The molecule has 0 spiro atoms. The fourth-order valence-electron chi connectivity index (χ4n) is 1.65. The van der Waals surface area contributed by atoms with Crippen LogP contribution in [-0.2, 0) is 38.6 Å². The summed E-state index contributed by atoms with van der Waals surface area (Å²) < 4.78 is 9.56. The first-order valence-corrected chi connectivity index (χ1v) is 5.66. The Labute approximate surface area is 103 Å². The van der Waals surface area contributed by atoms with Gasteiger partial charge in [-0.15, -0.1) is 0 Å². The summed E-state index contributed by atoms with van der Waals surface area (Å²) in [6, 6.07) is 0. The van der Waals surface area contributed by atoms with Crippen molar-refractivity contribution in [2.45, 2.75) is 38.3 Å². The largest absolute Gasteiger partial charge is 0.464 e. The van der Waals surface area contributed by atoms with Crippen molar-refractivity contribution < 1.29 is 38.6 Å². The van der Waals surface area contributed by atoms with E-state index in [1.165, 1.54) is 0 Å². The lowest BCUT2D eigenvalue weighted by molar-refractivity contribution is -0.546. The third kappa shape index (κ3) is 2.32. The van der Waals surface area contributed by atoms with E-state index >= 15 is 0 Å². The Morgan fingerprint density at radius 1 is 0.833 bits per heavy atom. The Morgan fingerprint density at radius 2 is 1.22 bits per heavy atom. The number of esters is 2. The second-order valence-electron chi connectivity index (χ2n) is 3.66. The fraction of sp³-hybridized carbons (Fsp3) is 0.800. The molecule has 0 aromatic carbocycles. The van der Waals surface area contributed by atoms with Gasteiger partial charge < -0.3 is 9.47 Å². The van der Waals surface area contributed by atoms with E-state index in [4.69, 9.17) is 29.0 Å². The molecular formula is C10H14O8. The van der Waals surface area contributed by atoms with Crippen LogP contribution in [0, 0.1) is 0 Å². The van der Waals surface area contributed by atoms with Gasteiger partial charge in [0.15, 0.2) is 12.2 Å². The van der Waals surface area contributed by atoms with Gasteiger partial charge in [0.1, 0.15) is 0 Å². The molecule has 2 heterocycles.